The van der Waals surface area contributed by atoms with Crippen molar-refractivity contribution in [2.24, 2.45) is 5.92 Å². The Labute approximate surface area is 278 Å². The number of hydrogen-bond acceptors (Lipinski definition) is 7. The van der Waals surface area contributed by atoms with Crippen LogP contribution in [0.2, 0.25) is 0 Å². The van der Waals surface area contributed by atoms with E-state index in [4.69, 9.17) is 14.2 Å². The lowest BCUT2D eigenvalue weighted by atomic mass is 9.89. The van der Waals surface area contributed by atoms with Gasteiger partial charge in [-0.1, -0.05) is 86.5 Å². The maximum atomic E-state index is 12.4. The van der Waals surface area contributed by atoms with Gasteiger partial charge < -0.3 is 24.6 Å². The number of rotatable bonds is 13. The summed E-state index contributed by atoms with van der Waals surface area (Å²) < 4.78 is 18.6. The second-order valence-corrected chi connectivity index (χ2v) is 12.8. The molecule has 250 valence electrons. The van der Waals surface area contributed by atoms with Crippen LogP contribution in [0.25, 0.3) is 11.1 Å². The molecule has 8 heteroatoms. The van der Waals surface area contributed by atoms with Crippen molar-refractivity contribution < 1.29 is 28.9 Å². The molecular formula is C39H48N2O6. The van der Waals surface area contributed by atoms with Crippen molar-refractivity contribution in [3.63, 3.8) is 0 Å². The molecule has 8 nitrogen and oxygen atoms in total. The van der Waals surface area contributed by atoms with E-state index in [1.165, 1.54) is 32.6 Å². The van der Waals surface area contributed by atoms with Crippen molar-refractivity contribution in [3.8, 4) is 11.1 Å². The summed E-state index contributed by atoms with van der Waals surface area (Å²) >= 11 is 0. The predicted molar refractivity (Wildman–Crippen MR) is 182 cm³/mol. The molecule has 0 unspecified atom stereocenters. The van der Waals surface area contributed by atoms with E-state index < -0.39 is 18.4 Å². The first kappa shape index (κ1) is 34.5. The zero-order valence-electron chi connectivity index (χ0n) is 27.8. The molecule has 1 saturated heterocycles. The molecule has 1 aliphatic carbocycles. The summed E-state index contributed by atoms with van der Waals surface area (Å²) in [5.74, 6) is -0.739. The molecule has 3 aromatic carbocycles. The summed E-state index contributed by atoms with van der Waals surface area (Å²) in [6, 6.07) is 24.8. The summed E-state index contributed by atoms with van der Waals surface area (Å²) in [6.45, 7) is 11.0. The number of ether oxygens (including phenoxy) is 3. The van der Waals surface area contributed by atoms with Crippen LogP contribution in [0.5, 0.6) is 0 Å². The quantitative estimate of drug-likeness (QED) is 0.160. The van der Waals surface area contributed by atoms with E-state index >= 15 is 0 Å². The Hall–Kier alpha value is -3.82. The van der Waals surface area contributed by atoms with Crippen molar-refractivity contribution in [1.82, 2.24) is 10.2 Å². The van der Waals surface area contributed by atoms with Gasteiger partial charge in [-0.15, -0.1) is 6.58 Å². The van der Waals surface area contributed by atoms with E-state index in [1.807, 2.05) is 54.6 Å². The highest BCUT2D eigenvalue weighted by Gasteiger charge is 2.40. The Bertz CT molecular complexity index is 1500. The molecule has 1 amide bonds. The molecule has 2 aliphatic rings. The zero-order chi connectivity index (χ0) is 33.3. The first-order valence-electron chi connectivity index (χ1n) is 16.8. The third kappa shape index (κ3) is 8.96. The summed E-state index contributed by atoms with van der Waals surface area (Å²) in [5.41, 5.74) is 5.81. The molecule has 1 aliphatic heterocycles. The van der Waals surface area contributed by atoms with Crippen molar-refractivity contribution in [2.45, 2.75) is 90.2 Å². The molecule has 3 aromatic rings. The minimum absolute atomic E-state index is 0.00138. The summed E-state index contributed by atoms with van der Waals surface area (Å²) in [6.07, 6.45) is 5.25. The predicted octanol–water partition coefficient (Wildman–Crippen LogP) is 6.64. The van der Waals surface area contributed by atoms with Gasteiger partial charge in [0.2, 0.25) is 0 Å². The highest BCUT2D eigenvalue weighted by atomic mass is 16.7. The van der Waals surface area contributed by atoms with Gasteiger partial charge in [0.1, 0.15) is 0 Å². The number of aliphatic hydroxyl groups excluding tert-OH is 1. The standard InChI is InChI=1S/C39H48N2O6/c1-5-20-41(35-14-6-7-15-35)24-36-26(2)37(31-18-16-29(25-42)17-19-31)47-39(46-36)34-13-9-12-33(22-34)32-11-8-10-30(21-32)23-40-38(44)27(3)45-28(4)43/h5,8-13,16-19,21-22,26-27,35-37,39,42H,1,6-7,14-15,20,23-25H2,2-4H3,(H,40,44)/t26-,27-,36+,37+,39+/m0/s1. The maximum absolute atomic E-state index is 12.4. The topological polar surface area (TPSA) is 97.3 Å². The summed E-state index contributed by atoms with van der Waals surface area (Å²) in [5, 5.41) is 12.5. The van der Waals surface area contributed by atoms with Crippen molar-refractivity contribution in [2.75, 3.05) is 13.1 Å². The number of carbonyl (C=O) groups is 2. The van der Waals surface area contributed by atoms with Crippen LogP contribution in [0.3, 0.4) is 0 Å². The van der Waals surface area contributed by atoms with E-state index in [1.54, 1.807) is 6.92 Å². The van der Waals surface area contributed by atoms with Gasteiger partial charge in [-0.2, -0.15) is 0 Å². The first-order chi connectivity index (χ1) is 22.7. The number of benzene rings is 3. The molecule has 0 bridgehead atoms. The number of nitrogens with one attached hydrogen (secondary N) is 1. The fourth-order valence-corrected chi connectivity index (χ4v) is 6.73. The van der Waals surface area contributed by atoms with Crippen LogP contribution < -0.4 is 5.32 Å². The number of nitrogens with zero attached hydrogens (tertiary/aromatic N) is 1. The number of esters is 1. The van der Waals surface area contributed by atoms with Gasteiger partial charge in [-0.25, -0.2) is 0 Å². The molecule has 5 rings (SSSR count). The van der Waals surface area contributed by atoms with Gasteiger partial charge in [-0.3, -0.25) is 14.5 Å². The third-order valence-electron chi connectivity index (χ3n) is 9.34. The smallest absolute Gasteiger partial charge is 0.303 e. The highest BCUT2D eigenvalue weighted by Crippen LogP contribution is 2.43. The van der Waals surface area contributed by atoms with E-state index in [0.29, 0.717) is 12.6 Å². The summed E-state index contributed by atoms with van der Waals surface area (Å²) in [7, 11) is 0. The van der Waals surface area contributed by atoms with Crippen molar-refractivity contribution in [3.05, 3.63) is 108 Å². The molecular weight excluding hydrogens is 592 g/mol. The Kier molecular flexibility index (Phi) is 12.0. The van der Waals surface area contributed by atoms with E-state index in [0.717, 1.165) is 46.5 Å². The number of hydrogen-bond donors (Lipinski definition) is 2. The third-order valence-corrected chi connectivity index (χ3v) is 9.34. The van der Waals surface area contributed by atoms with E-state index in [9.17, 15) is 14.7 Å². The average molecular weight is 641 g/mol. The Morgan fingerprint density at radius 3 is 2.38 bits per heavy atom. The van der Waals surface area contributed by atoms with Crippen molar-refractivity contribution in [1.29, 1.82) is 0 Å². The zero-order valence-corrected chi connectivity index (χ0v) is 27.8. The minimum atomic E-state index is -0.854. The van der Waals surface area contributed by atoms with Gasteiger partial charge in [0.05, 0.1) is 18.8 Å². The number of carbonyl (C=O) groups excluding carboxylic acids is 2. The normalized spacial score (nSPS) is 22.1. The molecule has 2 fully saturated rings. The monoisotopic (exact) mass is 640 g/mol. The van der Waals surface area contributed by atoms with Crippen LogP contribution in [0.15, 0.2) is 85.5 Å². The second-order valence-electron chi connectivity index (χ2n) is 12.8. The molecule has 0 radical (unpaired) electrons. The van der Waals surface area contributed by atoms with Crippen LogP contribution in [-0.2, 0) is 37.0 Å². The minimum Gasteiger partial charge on any atom is -0.453 e. The average Bonchev–Trinajstić information content (AvgIpc) is 3.63. The molecule has 1 heterocycles. The van der Waals surface area contributed by atoms with Crippen LogP contribution in [0.1, 0.15) is 81.1 Å². The van der Waals surface area contributed by atoms with Crippen LogP contribution >= 0.6 is 0 Å². The van der Waals surface area contributed by atoms with Crippen molar-refractivity contribution >= 4 is 11.9 Å². The molecule has 47 heavy (non-hydrogen) atoms. The van der Waals surface area contributed by atoms with Gasteiger partial charge in [0.25, 0.3) is 5.91 Å². The number of amides is 1. The number of aliphatic hydroxyl groups is 1. The Balaban J connectivity index is 1.38. The lowest BCUT2D eigenvalue weighted by molar-refractivity contribution is -0.276. The lowest BCUT2D eigenvalue weighted by Gasteiger charge is -2.43. The second kappa shape index (κ2) is 16.3. The molecule has 2 N–H and O–H groups in total. The van der Waals surface area contributed by atoms with Gasteiger partial charge in [0.15, 0.2) is 12.4 Å². The Morgan fingerprint density at radius 1 is 1.00 bits per heavy atom. The maximum Gasteiger partial charge on any atom is 0.303 e. The Morgan fingerprint density at radius 2 is 1.70 bits per heavy atom. The molecule has 1 saturated carbocycles. The lowest BCUT2D eigenvalue weighted by Crippen LogP contribution is -2.47. The first-order valence-corrected chi connectivity index (χ1v) is 16.8. The van der Waals surface area contributed by atoms with Crippen LogP contribution in [0, 0.1) is 5.92 Å². The fourth-order valence-electron chi connectivity index (χ4n) is 6.73. The van der Waals surface area contributed by atoms with Crippen LogP contribution in [-0.4, -0.2) is 53.2 Å². The molecule has 0 spiro atoms. The largest absolute Gasteiger partial charge is 0.453 e. The van der Waals surface area contributed by atoms with Gasteiger partial charge in [0, 0.05) is 44.1 Å². The SMILES string of the molecule is C=CCN(C[C@H]1O[C@@H](c2cccc(-c3cccc(CNC(=O)[C@H](C)OC(C)=O)c3)c2)O[C@@H](c2ccc(CO)cc2)[C@H]1C)C1CCCC1. The van der Waals surface area contributed by atoms with Gasteiger partial charge >= 0.3 is 5.97 Å². The van der Waals surface area contributed by atoms with Gasteiger partial charge in [-0.05, 0) is 59.7 Å². The molecule has 0 aromatic heterocycles. The van der Waals surface area contributed by atoms with Crippen LogP contribution in [0.4, 0.5) is 0 Å². The fraction of sp³-hybridized carbons (Fsp3) is 0.436. The highest BCUT2D eigenvalue weighted by molar-refractivity contribution is 5.82. The van der Waals surface area contributed by atoms with E-state index in [-0.39, 0.29) is 30.6 Å². The molecule has 5 atom stereocenters. The van der Waals surface area contributed by atoms with E-state index in [2.05, 4.69) is 48.0 Å². The summed E-state index contributed by atoms with van der Waals surface area (Å²) in [4.78, 5) is 26.1.